The smallest absolute Gasteiger partial charge is 0.333 e. The quantitative estimate of drug-likeness (QED) is 0.259. The number of nitrogens with zero attached hydrogens (tertiary/aromatic N) is 2. The topological polar surface area (TPSA) is 35.1 Å². The van der Waals surface area contributed by atoms with Crippen LogP contribution in [0.25, 0.3) is 0 Å². The molecule has 1 rings (SSSR count). The maximum Gasteiger partial charge on any atom is 0.333 e. The fourth-order valence-corrected chi connectivity index (χ4v) is 1.85. The molecule has 0 N–H and O–H groups in total. The largest absolute Gasteiger partial charge is 1.00 e. The van der Waals surface area contributed by atoms with E-state index in [0.717, 1.165) is 19.4 Å². The van der Waals surface area contributed by atoms with Crippen LogP contribution in [0.3, 0.4) is 0 Å². The summed E-state index contributed by atoms with van der Waals surface area (Å²) in [5.41, 5.74) is 0.472. The first-order chi connectivity index (χ1) is 9.09. The van der Waals surface area contributed by atoms with Gasteiger partial charge in [0.2, 0.25) is 6.33 Å². The molecule has 1 aromatic rings. The SMILES string of the molecule is C=C(C)C(=O)OCCCCCCCn1cc[n+](C)c1.[Br-]. The van der Waals surface area contributed by atoms with Gasteiger partial charge in [0.15, 0.2) is 0 Å². The van der Waals surface area contributed by atoms with Crippen LogP contribution in [-0.4, -0.2) is 17.1 Å². The molecule has 0 aliphatic heterocycles. The van der Waals surface area contributed by atoms with E-state index in [-0.39, 0.29) is 23.0 Å². The minimum absolute atomic E-state index is 0. The van der Waals surface area contributed by atoms with Crippen LogP contribution in [-0.2, 0) is 23.1 Å². The zero-order chi connectivity index (χ0) is 14.1. The Morgan fingerprint density at radius 2 is 1.90 bits per heavy atom. The first kappa shape index (κ1) is 18.9. The lowest BCUT2D eigenvalue weighted by atomic mass is 10.1. The van der Waals surface area contributed by atoms with Gasteiger partial charge in [0.1, 0.15) is 12.4 Å². The van der Waals surface area contributed by atoms with E-state index >= 15 is 0 Å². The van der Waals surface area contributed by atoms with Crippen LogP contribution in [0.4, 0.5) is 0 Å². The highest BCUT2D eigenvalue weighted by Crippen LogP contribution is 2.05. The Balaban J connectivity index is 0.00000361. The van der Waals surface area contributed by atoms with Gasteiger partial charge in [-0.1, -0.05) is 19.4 Å². The Bertz CT molecular complexity index is 416. The normalized spacial score (nSPS) is 9.90. The van der Waals surface area contributed by atoms with Crippen molar-refractivity contribution in [2.24, 2.45) is 7.05 Å². The summed E-state index contributed by atoms with van der Waals surface area (Å²) >= 11 is 0. The van der Waals surface area contributed by atoms with Crippen molar-refractivity contribution in [3.05, 3.63) is 30.9 Å². The average molecular weight is 345 g/mol. The van der Waals surface area contributed by atoms with Crippen LogP contribution >= 0.6 is 0 Å². The Labute approximate surface area is 132 Å². The van der Waals surface area contributed by atoms with Gasteiger partial charge in [-0.15, -0.1) is 0 Å². The van der Waals surface area contributed by atoms with Crippen LogP contribution < -0.4 is 21.5 Å². The second-order valence-electron chi connectivity index (χ2n) is 5.00. The zero-order valence-corrected chi connectivity index (χ0v) is 14.1. The van der Waals surface area contributed by atoms with Gasteiger partial charge in [0.25, 0.3) is 0 Å². The molecule has 114 valence electrons. The molecule has 4 nitrogen and oxygen atoms in total. The molecule has 0 aliphatic carbocycles. The second kappa shape index (κ2) is 10.7. The average Bonchev–Trinajstić information content (AvgIpc) is 2.78. The predicted molar refractivity (Wildman–Crippen MR) is 74.5 cm³/mol. The number of rotatable bonds is 9. The minimum atomic E-state index is -0.277. The van der Waals surface area contributed by atoms with Crippen molar-refractivity contribution in [1.29, 1.82) is 0 Å². The predicted octanol–water partition coefficient (Wildman–Crippen LogP) is -0.614. The van der Waals surface area contributed by atoms with Crippen LogP contribution in [0.1, 0.15) is 39.0 Å². The van der Waals surface area contributed by atoms with E-state index in [2.05, 4.69) is 34.4 Å². The van der Waals surface area contributed by atoms with Gasteiger partial charge in [-0.05, 0) is 26.2 Å². The molecule has 0 saturated heterocycles. The zero-order valence-electron chi connectivity index (χ0n) is 12.5. The molecule has 1 heterocycles. The molecule has 0 spiro atoms. The molecule has 0 amide bonds. The molecule has 0 unspecified atom stereocenters. The van der Waals surface area contributed by atoms with Crippen molar-refractivity contribution in [3.63, 3.8) is 0 Å². The highest BCUT2D eigenvalue weighted by molar-refractivity contribution is 5.86. The molecule has 1 aromatic heterocycles. The van der Waals surface area contributed by atoms with Crippen LogP contribution in [0.2, 0.25) is 0 Å². The van der Waals surface area contributed by atoms with E-state index in [4.69, 9.17) is 4.74 Å². The molecule has 20 heavy (non-hydrogen) atoms. The molecule has 0 aliphatic rings. The molecule has 5 heteroatoms. The van der Waals surface area contributed by atoms with Crippen molar-refractivity contribution in [3.8, 4) is 0 Å². The highest BCUT2D eigenvalue weighted by atomic mass is 79.9. The van der Waals surface area contributed by atoms with Gasteiger partial charge in [-0.2, -0.15) is 0 Å². The number of esters is 1. The summed E-state index contributed by atoms with van der Waals surface area (Å²) in [6.45, 7) is 6.80. The summed E-state index contributed by atoms with van der Waals surface area (Å²) in [6, 6.07) is 0. The number of hydrogen-bond donors (Lipinski definition) is 0. The molecule has 0 atom stereocenters. The summed E-state index contributed by atoms with van der Waals surface area (Å²) in [5.74, 6) is -0.277. The minimum Gasteiger partial charge on any atom is -1.00 e. The van der Waals surface area contributed by atoms with Gasteiger partial charge in [-0.3, -0.25) is 0 Å². The van der Waals surface area contributed by atoms with E-state index < -0.39 is 0 Å². The van der Waals surface area contributed by atoms with Gasteiger partial charge < -0.3 is 21.7 Å². The standard InChI is InChI=1S/C15H25N2O2.BrH/c1-14(2)15(18)19-12-8-6-4-5-7-9-17-11-10-16(3)13-17;/h10-11,13H,1,4-9,12H2,2-3H3;1H/q+1;/p-1. The number of halogens is 1. The van der Waals surface area contributed by atoms with Crippen molar-refractivity contribution in [2.45, 2.75) is 45.6 Å². The van der Waals surface area contributed by atoms with Gasteiger partial charge in [-0.25, -0.2) is 13.9 Å². The fourth-order valence-electron chi connectivity index (χ4n) is 1.85. The fraction of sp³-hybridized carbons (Fsp3) is 0.600. The third-order valence-electron chi connectivity index (χ3n) is 2.97. The third kappa shape index (κ3) is 8.15. The van der Waals surface area contributed by atoms with Gasteiger partial charge in [0, 0.05) is 5.57 Å². The number of aryl methyl sites for hydroxylation is 2. The monoisotopic (exact) mass is 344 g/mol. The number of imidazole rings is 1. The van der Waals surface area contributed by atoms with Crippen molar-refractivity contribution in [2.75, 3.05) is 6.61 Å². The lowest BCUT2D eigenvalue weighted by molar-refractivity contribution is -0.671. The first-order valence-corrected chi connectivity index (χ1v) is 6.93. The second-order valence-corrected chi connectivity index (χ2v) is 5.00. The summed E-state index contributed by atoms with van der Waals surface area (Å²) in [6.07, 6.45) is 11.9. The summed E-state index contributed by atoms with van der Waals surface area (Å²) in [7, 11) is 2.03. The number of carbonyl (C=O) groups excluding carboxylic acids is 1. The van der Waals surface area contributed by atoms with Gasteiger partial charge >= 0.3 is 5.97 Å². The lowest BCUT2D eigenvalue weighted by Gasteiger charge is -2.04. The first-order valence-electron chi connectivity index (χ1n) is 6.93. The number of aromatic nitrogens is 2. The maximum absolute atomic E-state index is 11.1. The van der Waals surface area contributed by atoms with E-state index in [0.29, 0.717) is 12.2 Å². The van der Waals surface area contributed by atoms with E-state index in [1.54, 1.807) is 6.92 Å². The van der Waals surface area contributed by atoms with E-state index in [1.165, 1.54) is 19.3 Å². The van der Waals surface area contributed by atoms with Gasteiger partial charge in [0.05, 0.1) is 20.2 Å². The Morgan fingerprint density at radius 1 is 1.25 bits per heavy atom. The maximum atomic E-state index is 11.1. The number of carbonyl (C=O) groups is 1. The number of unbranched alkanes of at least 4 members (excludes halogenated alkanes) is 4. The van der Waals surface area contributed by atoms with Crippen LogP contribution in [0.5, 0.6) is 0 Å². The lowest BCUT2D eigenvalue weighted by Crippen LogP contribution is -3.00. The number of hydrogen-bond acceptors (Lipinski definition) is 2. The number of ether oxygens (including phenoxy) is 1. The third-order valence-corrected chi connectivity index (χ3v) is 2.97. The molecular formula is C15H25BrN2O2. The summed E-state index contributed by atoms with van der Waals surface area (Å²) in [4.78, 5) is 11.1. The van der Waals surface area contributed by atoms with Crippen molar-refractivity contribution >= 4 is 5.97 Å². The molecular weight excluding hydrogens is 320 g/mol. The summed E-state index contributed by atoms with van der Waals surface area (Å²) in [5, 5.41) is 0. The van der Waals surface area contributed by atoms with Crippen LogP contribution in [0.15, 0.2) is 30.9 Å². The Kier molecular flexibility index (Phi) is 10.1. The van der Waals surface area contributed by atoms with Crippen molar-refractivity contribution < 1.29 is 31.1 Å². The molecule has 0 bridgehead atoms. The van der Waals surface area contributed by atoms with Crippen LogP contribution in [0, 0.1) is 0 Å². The molecule has 0 radical (unpaired) electrons. The van der Waals surface area contributed by atoms with E-state index in [1.807, 2.05) is 7.05 Å². The highest BCUT2D eigenvalue weighted by Gasteiger charge is 2.02. The Morgan fingerprint density at radius 3 is 2.50 bits per heavy atom. The van der Waals surface area contributed by atoms with Crippen molar-refractivity contribution in [1.82, 2.24) is 4.57 Å². The summed E-state index contributed by atoms with van der Waals surface area (Å²) < 4.78 is 9.29. The molecule has 0 fully saturated rings. The molecule has 0 saturated carbocycles. The molecule has 0 aromatic carbocycles. The van der Waals surface area contributed by atoms with E-state index in [9.17, 15) is 4.79 Å². The Hall–Kier alpha value is -1.10.